The Hall–Kier alpha value is -0.920. The fourth-order valence-electron chi connectivity index (χ4n) is 1.58. The fourth-order valence-corrected chi connectivity index (χ4v) is 1.58. The first kappa shape index (κ1) is 11.2. The van der Waals surface area contributed by atoms with Gasteiger partial charge in [0.2, 0.25) is 0 Å². The van der Waals surface area contributed by atoms with Gasteiger partial charge in [0.15, 0.2) is 0 Å². The van der Waals surface area contributed by atoms with Crippen LogP contribution in [0.1, 0.15) is 50.7 Å². The second kappa shape index (κ2) is 5.74. The Morgan fingerprint density at radius 3 is 2.36 bits per heavy atom. The van der Waals surface area contributed by atoms with Gasteiger partial charge in [-0.05, 0) is 24.8 Å². The molecule has 1 aromatic rings. The lowest BCUT2D eigenvalue weighted by atomic mass is 10.1. The Labute approximate surface area is 86.8 Å². The summed E-state index contributed by atoms with van der Waals surface area (Å²) >= 11 is 0. The van der Waals surface area contributed by atoms with Crippen LogP contribution >= 0.6 is 0 Å². The van der Waals surface area contributed by atoms with Crippen LogP contribution in [0.4, 0.5) is 0 Å². The summed E-state index contributed by atoms with van der Waals surface area (Å²) in [7, 11) is 0. The molecule has 0 fully saturated rings. The molecule has 0 aliphatic heterocycles. The highest BCUT2D eigenvalue weighted by Gasteiger charge is 2.04. The van der Waals surface area contributed by atoms with Gasteiger partial charge >= 0.3 is 0 Å². The maximum absolute atomic E-state index is 4.61. The molecule has 14 heavy (non-hydrogen) atoms. The van der Waals surface area contributed by atoms with Crippen LogP contribution in [0.3, 0.4) is 0 Å². The van der Waals surface area contributed by atoms with Crippen LogP contribution in [0.5, 0.6) is 0 Å². The van der Waals surface area contributed by atoms with Crippen molar-refractivity contribution in [2.24, 2.45) is 0 Å². The topological polar surface area (TPSA) is 25.8 Å². The van der Waals surface area contributed by atoms with Crippen molar-refractivity contribution in [3.05, 3.63) is 23.3 Å². The second-order valence-electron chi connectivity index (χ2n) is 3.61. The molecular formula is C12H20N2. The first-order valence-electron chi connectivity index (χ1n) is 5.65. The van der Waals surface area contributed by atoms with Crippen molar-refractivity contribution in [1.29, 1.82) is 0 Å². The Morgan fingerprint density at radius 2 is 1.79 bits per heavy atom. The predicted molar refractivity (Wildman–Crippen MR) is 59.4 cm³/mol. The van der Waals surface area contributed by atoms with Gasteiger partial charge in [-0.15, -0.1) is 0 Å². The minimum absolute atomic E-state index is 1.00. The summed E-state index contributed by atoms with van der Waals surface area (Å²) in [6, 6.07) is 0. The summed E-state index contributed by atoms with van der Waals surface area (Å²) in [6.07, 6.45) is 7.42. The molecule has 2 nitrogen and oxygen atoms in total. The number of nitrogens with zero attached hydrogens (tertiary/aromatic N) is 2. The van der Waals surface area contributed by atoms with Crippen LogP contribution in [0.2, 0.25) is 0 Å². The van der Waals surface area contributed by atoms with E-state index in [0.717, 1.165) is 37.9 Å². The molecule has 0 radical (unpaired) electrons. The van der Waals surface area contributed by atoms with Crippen molar-refractivity contribution < 1.29 is 0 Å². The van der Waals surface area contributed by atoms with Gasteiger partial charge in [-0.25, -0.2) is 9.97 Å². The van der Waals surface area contributed by atoms with Crippen LogP contribution in [-0.2, 0) is 19.3 Å². The van der Waals surface area contributed by atoms with E-state index in [0.29, 0.717) is 0 Å². The Morgan fingerprint density at radius 1 is 1.07 bits per heavy atom. The molecular weight excluding hydrogens is 172 g/mol. The first-order chi connectivity index (χ1) is 6.81. The predicted octanol–water partition coefficient (Wildman–Crippen LogP) is 2.94. The highest BCUT2D eigenvalue weighted by Crippen LogP contribution is 2.09. The van der Waals surface area contributed by atoms with Gasteiger partial charge in [-0.2, -0.15) is 0 Å². The van der Waals surface area contributed by atoms with E-state index >= 15 is 0 Å². The molecule has 0 N–H and O–H groups in total. The van der Waals surface area contributed by atoms with Gasteiger partial charge in [0.1, 0.15) is 5.82 Å². The third kappa shape index (κ3) is 2.79. The van der Waals surface area contributed by atoms with E-state index in [-0.39, 0.29) is 0 Å². The van der Waals surface area contributed by atoms with Crippen molar-refractivity contribution in [3.63, 3.8) is 0 Å². The summed E-state index contributed by atoms with van der Waals surface area (Å²) in [6.45, 7) is 6.52. The molecule has 0 aromatic carbocycles. The summed E-state index contributed by atoms with van der Waals surface area (Å²) in [5, 5.41) is 0. The number of hydrogen-bond donors (Lipinski definition) is 0. The summed E-state index contributed by atoms with van der Waals surface area (Å²) in [5.74, 6) is 1.01. The molecule has 0 unspecified atom stereocenters. The summed E-state index contributed by atoms with van der Waals surface area (Å²) in [4.78, 5) is 8.98. The zero-order valence-corrected chi connectivity index (χ0v) is 9.51. The molecule has 78 valence electrons. The molecule has 0 saturated heterocycles. The van der Waals surface area contributed by atoms with Gasteiger partial charge in [0, 0.05) is 18.3 Å². The largest absolute Gasteiger partial charge is 0.241 e. The lowest BCUT2D eigenvalue weighted by molar-refractivity contribution is 0.776. The number of aryl methyl sites for hydroxylation is 3. The number of hydrogen-bond acceptors (Lipinski definition) is 2. The van der Waals surface area contributed by atoms with E-state index in [1.165, 1.54) is 11.3 Å². The van der Waals surface area contributed by atoms with Crippen LogP contribution < -0.4 is 0 Å². The SMILES string of the molecule is CCCc1ncc(CC)c(CCC)n1. The molecule has 0 bridgehead atoms. The summed E-state index contributed by atoms with van der Waals surface area (Å²) in [5.41, 5.74) is 2.57. The maximum Gasteiger partial charge on any atom is 0.128 e. The normalized spacial score (nSPS) is 10.5. The van der Waals surface area contributed by atoms with E-state index < -0.39 is 0 Å². The van der Waals surface area contributed by atoms with Gasteiger partial charge in [-0.1, -0.05) is 27.2 Å². The second-order valence-corrected chi connectivity index (χ2v) is 3.61. The number of rotatable bonds is 5. The molecule has 1 aromatic heterocycles. The lowest BCUT2D eigenvalue weighted by Gasteiger charge is -2.07. The third-order valence-corrected chi connectivity index (χ3v) is 2.35. The maximum atomic E-state index is 4.61. The van der Waals surface area contributed by atoms with Crippen molar-refractivity contribution in [2.75, 3.05) is 0 Å². The quantitative estimate of drug-likeness (QED) is 0.716. The Kier molecular flexibility index (Phi) is 4.57. The van der Waals surface area contributed by atoms with E-state index in [2.05, 4.69) is 30.7 Å². The zero-order chi connectivity index (χ0) is 10.4. The van der Waals surface area contributed by atoms with Crippen LogP contribution in [-0.4, -0.2) is 9.97 Å². The van der Waals surface area contributed by atoms with Crippen molar-refractivity contribution in [1.82, 2.24) is 9.97 Å². The molecule has 0 spiro atoms. The third-order valence-electron chi connectivity index (χ3n) is 2.35. The molecule has 0 saturated carbocycles. The Balaban J connectivity index is 2.88. The monoisotopic (exact) mass is 192 g/mol. The van der Waals surface area contributed by atoms with E-state index in [9.17, 15) is 0 Å². The molecule has 0 aliphatic rings. The van der Waals surface area contributed by atoms with Crippen LogP contribution in [0.15, 0.2) is 6.20 Å². The standard InChI is InChI=1S/C12H20N2/c1-4-7-11-10(6-3)9-13-12(14-11)8-5-2/h9H,4-8H2,1-3H3. The van der Waals surface area contributed by atoms with E-state index in [1.807, 2.05) is 6.20 Å². The van der Waals surface area contributed by atoms with Crippen LogP contribution in [0.25, 0.3) is 0 Å². The highest BCUT2D eigenvalue weighted by molar-refractivity contribution is 5.17. The smallest absolute Gasteiger partial charge is 0.128 e. The van der Waals surface area contributed by atoms with Gasteiger partial charge in [0.05, 0.1) is 0 Å². The average Bonchev–Trinajstić information content (AvgIpc) is 2.19. The van der Waals surface area contributed by atoms with E-state index in [4.69, 9.17) is 0 Å². The zero-order valence-electron chi connectivity index (χ0n) is 9.51. The molecule has 0 atom stereocenters. The molecule has 0 amide bonds. The van der Waals surface area contributed by atoms with E-state index in [1.54, 1.807) is 0 Å². The molecule has 1 rings (SSSR count). The molecule has 2 heteroatoms. The van der Waals surface area contributed by atoms with Crippen molar-refractivity contribution in [2.45, 2.75) is 52.9 Å². The van der Waals surface area contributed by atoms with Gasteiger partial charge < -0.3 is 0 Å². The van der Waals surface area contributed by atoms with Gasteiger partial charge in [0.25, 0.3) is 0 Å². The lowest BCUT2D eigenvalue weighted by Crippen LogP contribution is -2.03. The average molecular weight is 192 g/mol. The van der Waals surface area contributed by atoms with Gasteiger partial charge in [-0.3, -0.25) is 0 Å². The minimum Gasteiger partial charge on any atom is -0.241 e. The number of aromatic nitrogens is 2. The molecule has 1 heterocycles. The molecule has 0 aliphatic carbocycles. The summed E-state index contributed by atoms with van der Waals surface area (Å²) < 4.78 is 0. The van der Waals surface area contributed by atoms with Crippen molar-refractivity contribution in [3.8, 4) is 0 Å². The Bertz CT molecular complexity index is 282. The highest BCUT2D eigenvalue weighted by atomic mass is 14.9. The van der Waals surface area contributed by atoms with Crippen molar-refractivity contribution >= 4 is 0 Å². The first-order valence-corrected chi connectivity index (χ1v) is 5.65. The fraction of sp³-hybridized carbons (Fsp3) is 0.667. The van der Waals surface area contributed by atoms with Crippen LogP contribution in [0, 0.1) is 0 Å². The minimum atomic E-state index is 1.00.